The second-order valence-electron chi connectivity index (χ2n) is 14.7. The molecular weight excluding hydrogens is 662 g/mol. The Balaban J connectivity index is 1.74. The summed E-state index contributed by atoms with van der Waals surface area (Å²) in [6.07, 6.45) is 0.771. The van der Waals surface area contributed by atoms with Gasteiger partial charge in [0.1, 0.15) is 24.2 Å². The SMILES string of the molecule is CC(C)C[C@@H]1OC(=O)CCCNC(=O)C(Cc2ccccc2)N(C)C(=O)[C@H](C(C)C)N(C)C(=O)[C@H](Cc2ccccc2)NC(=O)[C@@H]2CCCN2C1=O. The summed E-state index contributed by atoms with van der Waals surface area (Å²) < 4.78 is 5.73. The third-order valence-electron chi connectivity index (χ3n) is 9.87. The number of cyclic esters (lactones) is 1. The monoisotopic (exact) mass is 717 g/mol. The Hall–Kier alpha value is -4.74. The number of hydrogen-bond donors (Lipinski definition) is 2. The Morgan fingerprint density at radius 2 is 1.37 bits per heavy atom. The van der Waals surface area contributed by atoms with Crippen LogP contribution in [0.15, 0.2) is 60.7 Å². The molecule has 2 aliphatic heterocycles. The van der Waals surface area contributed by atoms with E-state index in [-0.39, 0.29) is 50.5 Å². The molecule has 0 spiro atoms. The lowest BCUT2D eigenvalue weighted by Crippen LogP contribution is -2.60. The number of nitrogens with zero attached hydrogens (tertiary/aromatic N) is 3. The van der Waals surface area contributed by atoms with Crippen molar-refractivity contribution in [2.75, 3.05) is 27.2 Å². The van der Waals surface area contributed by atoms with E-state index in [0.29, 0.717) is 19.4 Å². The van der Waals surface area contributed by atoms with Gasteiger partial charge in [0.05, 0.1) is 0 Å². The quantitative estimate of drug-likeness (QED) is 0.419. The third kappa shape index (κ3) is 10.4. The molecule has 0 saturated carbocycles. The summed E-state index contributed by atoms with van der Waals surface area (Å²) >= 11 is 0. The van der Waals surface area contributed by atoms with Crippen molar-refractivity contribution in [1.29, 1.82) is 0 Å². The predicted octanol–water partition coefficient (Wildman–Crippen LogP) is 3.13. The van der Waals surface area contributed by atoms with Gasteiger partial charge in [-0.3, -0.25) is 28.8 Å². The van der Waals surface area contributed by atoms with E-state index in [1.807, 2.05) is 88.4 Å². The molecular formula is C40H55N5O7. The normalized spacial score (nSPS) is 24.8. The van der Waals surface area contributed by atoms with E-state index in [4.69, 9.17) is 4.74 Å². The fourth-order valence-corrected chi connectivity index (χ4v) is 7.10. The molecule has 12 nitrogen and oxygen atoms in total. The summed E-state index contributed by atoms with van der Waals surface area (Å²) in [4.78, 5) is 87.9. The van der Waals surface area contributed by atoms with E-state index < -0.39 is 65.8 Å². The number of carbonyl (C=O) groups excluding carboxylic acids is 6. The van der Waals surface area contributed by atoms with Crippen molar-refractivity contribution >= 4 is 35.5 Å². The van der Waals surface area contributed by atoms with E-state index in [9.17, 15) is 28.8 Å². The minimum atomic E-state index is -1.07. The minimum absolute atomic E-state index is 0.0278. The molecule has 2 aromatic carbocycles. The van der Waals surface area contributed by atoms with Crippen LogP contribution in [0.5, 0.6) is 0 Å². The van der Waals surface area contributed by atoms with Crippen LogP contribution in [0.4, 0.5) is 0 Å². The molecule has 2 aliphatic rings. The zero-order valence-electron chi connectivity index (χ0n) is 31.4. The number of esters is 1. The van der Waals surface area contributed by atoms with Gasteiger partial charge in [-0.05, 0) is 48.6 Å². The van der Waals surface area contributed by atoms with Crippen LogP contribution in [-0.2, 0) is 46.3 Å². The van der Waals surface area contributed by atoms with Gasteiger partial charge in [0.2, 0.25) is 23.6 Å². The molecule has 0 radical (unpaired) electrons. The molecule has 2 heterocycles. The highest BCUT2D eigenvalue weighted by Gasteiger charge is 2.42. The first-order valence-corrected chi connectivity index (χ1v) is 18.5. The first-order chi connectivity index (χ1) is 24.8. The molecule has 5 amide bonds. The molecule has 282 valence electrons. The number of nitrogens with one attached hydrogen (secondary N) is 2. The van der Waals surface area contributed by atoms with Crippen molar-refractivity contribution in [1.82, 2.24) is 25.3 Å². The molecule has 0 aliphatic carbocycles. The van der Waals surface area contributed by atoms with Gasteiger partial charge in [-0.15, -0.1) is 0 Å². The van der Waals surface area contributed by atoms with E-state index in [0.717, 1.165) is 11.1 Å². The maximum Gasteiger partial charge on any atom is 0.306 e. The average Bonchev–Trinajstić information content (AvgIpc) is 3.61. The molecule has 4 rings (SSSR count). The second kappa shape index (κ2) is 18.7. The van der Waals surface area contributed by atoms with Gasteiger partial charge in [-0.1, -0.05) is 88.4 Å². The smallest absolute Gasteiger partial charge is 0.306 e. The van der Waals surface area contributed by atoms with Crippen LogP contribution in [0, 0.1) is 11.8 Å². The average molecular weight is 718 g/mol. The Kier molecular flexibility index (Phi) is 14.4. The third-order valence-corrected chi connectivity index (χ3v) is 9.87. The highest BCUT2D eigenvalue weighted by molar-refractivity contribution is 5.96. The van der Waals surface area contributed by atoms with Crippen molar-refractivity contribution < 1.29 is 33.5 Å². The number of ether oxygens (including phenoxy) is 1. The van der Waals surface area contributed by atoms with Crippen molar-refractivity contribution in [3.05, 3.63) is 71.8 Å². The Labute approximate surface area is 307 Å². The standard InChI is InChI=1S/C40H55N5O7/c1-26(2)23-33-39(50)45-22-14-19-31(45)37(48)42-30(24-28-15-9-7-10-16-28)38(49)44(6)35(27(3)4)40(51)43(5)32(25-29-17-11-8-12-18-29)36(47)41-21-13-20-34(46)52-33/h7-12,15-18,26-27,30-33,35H,13-14,19-25H2,1-6H3,(H,41,47)(H,42,48)/t30-,31-,32?,33-,35-/m0/s1. The summed E-state index contributed by atoms with van der Waals surface area (Å²) in [5.74, 6) is -3.12. The van der Waals surface area contributed by atoms with Crippen LogP contribution >= 0.6 is 0 Å². The Morgan fingerprint density at radius 3 is 1.96 bits per heavy atom. The molecule has 0 aromatic heterocycles. The number of carbonyl (C=O) groups is 6. The summed E-state index contributed by atoms with van der Waals surface area (Å²) in [6, 6.07) is 14.8. The number of hydrogen-bond acceptors (Lipinski definition) is 7. The predicted molar refractivity (Wildman–Crippen MR) is 196 cm³/mol. The molecule has 2 N–H and O–H groups in total. The number of benzene rings is 2. The first kappa shape index (κ1) is 40.0. The van der Waals surface area contributed by atoms with Gasteiger partial charge in [0.25, 0.3) is 5.91 Å². The zero-order chi connectivity index (χ0) is 37.9. The van der Waals surface area contributed by atoms with Gasteiger partial charge in [0.15, 0.2) is 6.10 Å². The van der Waals surface area contributed by atoms with Crippen molar-refractivity contribution in [3.8, 4) is 0 Å². The fraction of sp³-hybridized carbons (Fsp3) is 0.550. The minimum Gasteiger partial charge on any atom is -0.452 e. The lowest BCUT2D eigenvalue weighted by molar-refractivity contribution is -0.162. The maximum atomic E-state index is 14.5. The van der Waals surface area contributed by atoms with Crippen LogP contribution < -0.4 is 10.6 Å². The van der Waals surface area contributed by atoms with E-state index >= 15 is 0 Å². The largest absolute Gasteiger partial charge is 0.452 e. The van der Waals surface area contributed by atoms with Gasteiger partial charge in [0, 0.05) is 46.4 Å². The highest BCUT2D eigenvalue weighted by atomic mass is 16.5. The molecule has 2 fully saturated rings. The van der Waals surface area contributed by atoms with Crippen LogP contribution in [0.2, 0.25) is 0 Å². The second-order valence-corrected chi connectivity index (χ2v) is 14.7. The van der Waals surface area contributed by atoms with Crippen LogP contribution in [0.1, 0.15) is 70.9 Å². The van der Waals surface area contributed by atoms with E-state index in [1.54, 1.807) is 14.1 Å². The lowest BCUT2D eigenvalue weighted by Gasteiger charge is -2.38. The van der Waals surface area contributed by atoms with Crippen LogP contribution in [-0.4, -0.2) is 108 Å². The Bertz CT molecular complexity index is 1550. The van der Waals surface area contributed by atoms with Gasteiger partial charge < -0.3 is 30.1 Å². The molecule has 52 heavy (non-hydrogen) atoms. The van der Waals surface area contributed by atoms with Crippen LogP contribution in [0.25, 0.3) is 0 Å². The first-order valence-electron chi connectivity index (χ1n) is 18.5. The Morgan fingerprint density at radius 1 is 0.750 bits per heavy atom. The molecule has 12 heteroatoms. The summed E-state index contributed by atoms with van der Waals surface area (Å²) in [5, 5.41) is 5.83. The lowest BCUT2D eigenvalue weighted by atomic mass is 9.97. The maximum absolute atomic E-state index is 14.5. The molecule has 0 bridgehead atoms. The summed E-state index contributed by atoms with van der Waals surface area (Å²) in [6.45, 7) is 7.99. The topological polar surface area (TPSA) is 145 Å². The van der Waals surface area contributed by atoms with Crippen LogP contribution in [0.3, 0.4) is 0 Å². The van der Waals surface area contributed by atoms with Gasteiger partial charge >= 0.3 is 5.97 Å². The number of fused-ring (bicyclic) bond motifs is 1. The number of likely N-dealkylation sites (N-methyl/N-ethyl adjacent to an activating group) is 2. The summed E-state index contributed by atoms with van der Waals surface area (Å²) in [7, 11) is 3.12. The van der Waals surface area contributed by atoms with Crippen molar-refractivity contribution in [3.63, 3.8) is 0 Å². The fourth-order valence-electron chi connectivity index (χ4n) is 7.10. The molecule has 1 unspecified atom stereocenters. The summed E-state index contributed by atoms with van der Waals surface area (Å²) in [5.41, 5.74) is 1.65. The van der Waals surface area contributed by atoms with E-state index in [2.05, 4.69) is 10.6 Å². The van der Waals surface area contributed by atoms with E-state index in [1.165, 1.54) is 14.7 Å². The molecule has 2 aromatic rings. The number of amides is 5. The highest BCUT2D eigenvalue weighted by Crippen LogP contribution is 2.24. The molecule has 5 atom stereocenters. The number of rotatable bonds is 7. The zero-order valence-corrected chi connectivity index (χ0v) is 31.4. The van der Waals surface area contributed by atoms with Crippen molar-refractivity contribution in [2.24, 2.45) is 11.8 Å². The van der Waals surface area contributed by atoms with Crippen molar-refractivity contribution in [2.45, 2.75) is 103 Å². The van der Waals surface area contributed by atoms with Gasteiger partial charge in [-0.25, -0.2) is 0 Å². The van der Waals surface area contributed by atoms with Gasteiger partial charge in [-0.2, -0.15) is 0 Å². The molecule has 2 saturated heterocycles.